The molecule has 0 saturated heterocycles. The zero-order chi connectivity index (χ0) is 14.5. The van der Waals surface area contributed by atoms with E-state index in [1.807, 2.05) is 6.20 Å². The number of hydrogen-bond acceptors (Lipinski definition) is 4. The number of thiazole rings is 1. The number of benzene rings is 1. The van der Waals surface area contributed by atoms with Crippen LogP contribution in [0.3, 0.4) is 0 Å². The Kier molecular flexibility index (Phi) is 4.88. The molecular formula is C17H23N3S. The van der Waals surface area contributed by atoms with Crippen LogP contribution in [0.5, 0.6) is 0 Å². The first kappa shape index (κ1) is 14.5. The van der Waals surface area contributed by atoms with E-state index in [0.717, 1.165) is 50.6 Å². The molecule has 3 rings (SSSR count). The number of fused-ring (bicyclic) bond motifs is 1. The van der Waals surface area contributed by atoms with E-state index in [0.29, 0.717) is 0 Å². The summed E-state index contributed by atoms with van der Waals surface area (Å²) in [6.45, 7) is 6.50. The molecule has 4 heteroatoms. The molecule has 0 bridgehead atoms. The van der Waals surface area contributed by atoms with Gasteiger partial charge in [0.05, 0.1) is 0 Å². The van der Waals surface area contributed by atoms with Gasteiger partial charge in [-0.1, -0.05) is 31.2 Å². The lowest BCUT2D eigenvalue weighted by atomic mass is 10.0. The SMILES string of the molecule is CCCNc1ncc(CN2CCc3ccccc3CC2)s1. The van der Waals surface area contributed by atoms with Gasteiger partial charge in [-0.15, -0.1) is 11.3 Å². The van der Waals surface area contributed by atoms with Gasteiger partial charge in [0.15, 0.2) is 5.13 Å². The van der Waals surface area contributed by atoms with E-state index in [1.165, 1.54) is 16.0 Å². The first-order chi connectivity index (χ1) is 10.3. The Bertz CT molecular complexity index is 552. The third-order valence-corrected chi connectivity index (χ3v) is 4.91. The van der Waals surface area contributed by atoms with E-state index in [2.05, 4.69) is 46.4 Å². The highest BCUT2D eigenvalue weighted by atomic mass is 32.1. The Labute approximate surface area is 131 Å². The van der Waals surface area contributed by atoms with Gasteiger partial charge in [0.2, 0.25) is 0 Å². The molecule has 0 radical (unpaired) electrons. The molecule has 1 N–H and O–H groups in total. The predicted molar refractivity (Wildman–Crippen MR) is 90.0 cm³/mol. The lowest BCUT2D eigenvalue weighted by Gasteiger charge is -2.18. The minimum absolute atomic E-state index is 1.01. The summed E-state index contributed by atoms with van der Waals surface area (Å²) in [4.78, 5) is 8.38. The third kappa shape index (κ3) is 3.83. The summed E-state index contributed by atoms with van der Waals surface area (Å²) >= 11 is 1.79. The Morgan fingerprint density at radius 2 is 1.90 bits per heavy atom. The molecule has 0 amide bonds. The second kappa shape index (κ2) is 7.05. The van der Waals surface area contributed by atoms with Crippen LogP contribution < -0.4 is 5.32 Å². The maximum absolute atomic E-state index is 4.46. The second-order valence-electron chi connectivity index (χ2n) is 5.60. The molecule has 2 heterocycles. The summed E-state index contributed by atoms with van der Waals surface area (Å²) in [5.41, 5.74) is 3.05. The first-order valence-electron chi connectivity index (χ1n) is 7.83. The summed E-state index contributed by atoms with van der Waals surface area (Å²) in [6.07, 6.45) is 5.49. The van der Waals surface area contributed by atoms with Crippen molar-refractivity contribution < 1.29 is 0 Å². The van der Waals surface area contributed by atoms with Gasteiger partial charge in [-0.2, -0.15) is 0 Å². The van der Waals surface area contributed by atoms with Crippen LogP contribution in [0.1, 0.15) is 29.3 Å². The van der Waals surface area contributed by atoms with Gasteiger partial charge in [0.1, 0.15) is 0 Å². The van der Waals surface area contributed by atoms with Crippen LogP contribution in [0.25, 0.3) is 0 Å². The van der Waals surface area contributed by atoms with Crippen LogP contribution >= 0.6 is 11.3 Å². The number of hydrogen-bond donors (Lipinski definition) is 1. The van der Waals surface area contributed by atoms with Crippen LogP contribution in [-0.4, -0.2) is 29.5 Å². The van der Waals surface area contributed by atoms with Crippen molar-refractivity contribution in [2.45, 2.75) is 32.7 Å². The Morgan fingerprint density at radius 3 is 2.57 bits per heavy atom. The Morgan fingerprint density at radius 1 is 1.19 bits per heavy atom. The summed E-state index contributed by atoms with van der Waals surface area (Å²) in [7, 11) is 0. The molecule has 0 spiro atoms. The predicted octanol–water partition coefficient (Wildman–Crippen LogP) is 3.57. The quantitative estimate of drug-likeness (QED) is 0.915. The Balaban J connectivity index is 1.58. The van der Waals surface area contributed by atoms with E-state index in [9.17, 15) is 0 Å². The average molecular weight is 301 g/mol. The van der Waals surface area contributed by atoms with Gasteiger partial charge in [-0.05, 0) is 30.4 Å². The van der Waals surface area contributed by atoms with Crippen molar-refractivity contribution in [1.82, 2.24) is 9.88 Å². The molecule has 1 aliphatic heterocycles. The molecule has 1 aromatic carbocycles. The molecule has 112 valence electrons. The van der Waals surface area contributed by atoms with E-state index in [-0.39, 0.29) is 0 Å². The molecule has 0 saturated carbocycles. The number of rotatable bonds is 5. The van der Waals surface area contributed by atoms with Crippen molar-refractivity contribution in [3.8, 4) is 0 Å². The Hall–Kier alpha value is -1.39. The van der Waals surface area contributed by atoms with Crippen LogP contribution in [0.15, 0.2) is 30.5 Å². The summed E-state index contributed by atoms with van der Waals surface area (Å²) in [6, 6.07) is 8.86. The average Bonchev–Trinajstić information content (AvgIpc) is 2.86. The van der Waals surface area contributed by atoms with Gasteiger partial charge >= 0.3 is 0 Å². The standard InChI is InChI=1S/C17H23N3S/c1-2-9-18-17-19-12-16(21-17)13-20-10-7-14-5-3-4-6-15(14)8-11-20/h3-6,12H,2,7-11,13H2,1H3,(H,18,19). The maximum Gasteiger partial charge on any atom is 0.182 e. The number of nitrogens with one attached hydrogen (secondary N) is 1. The molecule has 0 atom stereocenters. The minimum atomic E-state index is 1.01. The van der Waals surface area contributed by atoms with Gasteiger partial charge in [-0.3, -0.25) is 4.90 Å². The van der Waals surface area contributed by atoms with E-state index >= 15 is 0 Å². The molecule has 0 aliphatic carbocycles. The van der Waals surface area contributed by atoms with Gasteiger partial charge in [-0.25, -0.2) is 4.98 Å². The van der Waals surface area contributed by atoms with E-state index in [1.54, 1.807) is 11.3 Å². The fourth-order valence-electron chi connectivity index (χ4n) is 2.79. The van der Waals surface area contributed by atoms with Crippen molar-refractivity contribution >= 4 is 16.5 Å². The molecule has 0 unspecified atom stereocenters. The molecule has 3 nitrogen and oxygen atoms in total. The van der Waals surface area contributed by atoms with Crippen LogP contribution in [0.4, 0.5) is 5.13 Å². The zero-order valence-corrected chi connectivity index (χ0v) is 13.5. The highest BCUT2D eigenvalue weighted by Crippen LogP contribution is 2.22. The lowest BCUT2D eigenvalue weighted by molar-refractivity contribution is 0.281. The van der Waals surface area contributed by atoms with E-state index in [4.69, 9.17) is 0 Å². The normalized spacial score (nSPS) is 15.5. The minimum Gasteiger partial charge on any atom is -0.362 e. The van der Waals surface area contributed by atoms with E-state index < -0.39 is 0 Å². The number of aromatic nitrogens is 1. The highest BCUT2D eigenvalue weighted by Gasteiger charge is 2.14. The van der Waals surface area contributed by atoms with Crippen molar-refractivity contribution in [3.63, 3.8) is 0 Å². The summed E-state index contributed by atoms with van der Waals surface area (Å²) in [5, 5.41) is 4.43. The fourth-order valence-corrected chi connectivity index (χ4v) is 3.67. The van der Waals surface area contributed by atoms with Gasteiger partial charge in [0, 0.05) is 37.3 Å². The fraction of sp³-hybridized carbons (Fsp3) is 0.471. The lowest BCUT2D eigenvalue weighted by Crippen LogP contribution is -2.25. The topological polar surface area (TPSA) is 28.2 Å². The largest absolute Gasteiger partial charge is 0.362 e. The van der Waals surface area contributed by atoms with Crippen molar-refractivity contribution in [1.29, 1.82) is 0 Å². The van der Waals surface area contributed by atoms with Crippen molar-refractivity contribution in [3.05, 3.63) is 46.5 Å². The van der Waals surface area contributed by atoms with Crippen LogP contribution in [0.2, 0.25) is 0 Å². The zero-order valence-electron chi connectivity index (χ0n) is 12.6. The molecule has 1 aromatic heterocycles. The number of anilines is 1. The van der Waals surface area contributed by atoms with Crippen molar-refractivity contribution in [2.75, 3.05) is 25.0 Å². The van der Waals surface area contributed by atoms with Crippen molar-refractivity contribution in [2.24, 2.45) is 0 Å². The maximum atomic E-state index is 4.46. The third-order valence-electron chi connectivity index (χ3n) is 3.97. The molecule has 1 aliphatic rings. The highest BCUT2D eigenvalue weighted by molar-refractivity contribution is 7.15. The second-order valence-corrected chi connectivity index (χ2v) is 6.72. The first-order valence-corrected chi connectivity index (χ1v) is 8.64. The molecule has 0 fully saturated rings. The monoisotopic (exact) mass is 301 g/mol. The molecular weight excluding hydrogens is 278 g/mol. The molecule has 21 heavy (non-hydrogen) atoms. The van der Waals surface area contributed by atoms with Crippen LogP contribution in [0, 0.1) is 0 Å². The van der Waals surface area contributed by atoms with Crippen LogP contribution in [-0.2, 0) is 19.4 Å². The van der Waals surface area contributed by atoms with Gasteiger partial charge in [0.25, 0.3) is 0 Å². The smallest absolute Gasteiger partial charge is 0.182 e. The number of nitrogens with zero attached hydrogens (tertiary/aromatic N) is 2. The summed E-state index contributed by atoms with van der Waals surface area (Å²) in [5.74, 6) is 0. The molecule has 2 aromatic rings. The van der Waals surface area contributed by atoms with Gasteiger partial charge < -0.3 is 5.32 Å². The summed E-state index contributed by atoms with van der Waals surface area (Å²) < 4.78 is 0.